The van der Waals surface area contributed by atoms with Gasteiger partial charge in [-0.05, 0) is 45.4 Å². The van der Waals surface area contributed by atoms with Crippen molar-refractivity contribution in [3.8, 4) is 0 Å². The number of anilines is 1. The molecule has 2 aromatic heterocycles. The van der Waals surface area contributed by atoms with E-state index in [1.54, 1.807) is 4.90 Å². The highest BCUT2D eigenvalue weighted by atomic mass is 19.4. The van der Waals surface area contributed by atoms with Crippen LogP contribution in [0.25, 0.3) is 10.9 Å². The zero-order valence-electron chi connectivity index (χ0n) is 19.6. The number of hydrogen-bond acceptors (Lipinski definition) is 7. The maximum Gasteiger partial charge on any atom is 0.416 e. The highest BCUT2D eigenvalue weighted by molar-refractivity contribution is 5.92. The van der Waals surface area contributed by atoms with Gasteiger partial charge < -0.3 is 19.9 Å². The molecule has 0 radical (unpaired) electrons. The van der Waals surface area contributed by atoms with Crippen molar-refractivity contribution in [1.29, 1.82) is 0 Å². The number of fused-ring (bicyclic) bond motifs is 1. The molecule has 9 nitrogen and oxygen atoms in total. The molecule has 0 spiro atoms. The number of nitrogens with zero attached hydrogens (tertiary/aromatic N) is 4. The molecule has 1 aromatic carbocycles. The standard InChI is InChI=1S/C23H25F3N6O3/c1-11-9-32(10-12(2)35-11)22(34)19-7-28-20(8-27-19)29-13(3)15-5-16-18(6-17(15)23(24,25)26)30-14(4)31-21(16)33/h5-8,11-13H,9-10H2,1-4H3,(H,28,29)(H,30,31,33)/t11-,12+,13?. The zero-order chi connectivity index (χ0) is 25.5. The number of aromatic amines is 1. The van der Waals surface area contributed by atoms with Crippen molar-refractivity contribution in [2.75, 3.05) is 18.4 Å². The van der Waals surface area contributed by atoms with Gasteiger partial charge in [-0.2, -0.15) is 13.2 Å². The van der Waals surface area contributed by atoms with Gasteiger partial charge in [0, 0.05) is 13.1 Å². The zero-order valence-corrected chi connectivity index (χ0v) is 19.6. The number of amides is 1. The molecule has 1 aliphatic heterocycles. The van der Waals surface area contributed by atoms with Crippen LogP contribution in [-0.2, 0) is 10.9 Å². The lowest BCUT2D eigenvalue weighted by Gasteiger charge is -2.35. The average molecular weight is 490 g/mol. The van der Waals surface area contributed by atoms with Crippen LogP contribution in [0.2, 0.25) is 0 Å². The second-order valence-corrected chi connectivity index (χ2v) is 8.73. The van der Waals surface area contributed by atoms with Gasteiger partial charge in [0.2, 0.25) is 0 Å². The normalized spacial score (nSPS) is 19.6. The molecule has 0 bridgehead atoms. The number of carbonyl (C=O) groups is 1. The summed E-state index contributed by atoms with van der Waals surface area (Å²) in [6.07, 6.45) is -2.29. The molecule has 3 atom stereocenters. The Balaban J connectivity index is 1.59. The van der Waals surface area contributed by atoms with E-state index in [-0.39, 0.29) is 51.9 Å². The van der Waals surface area contributed by atoms with Crippen LogP contribution < -0.4 is 10.9 Å². The fourth-order valence-electron chi connectivity index (χ4n) is 4.24. The van der Waals surface area contributed by atoms with E-state index in [0.29, 0.717) is 13.1 Å². The fourth-order valence-corrected chi connectivity index (χ4v) is 4.24. The Labute approximate surface area is 198 Å². The number of H-pyrrole nitrogens is 1. The summed E-state index contributed by atoms with van der Waals surface area (Å²) < 4.78 is 47.1. The second-order valence-electron chi connectivity index (χ2n) is 8.73. The average Bonchev–Trinajstić information content (AvgIpc) is 2.77. The molecular weight excluding hydrogens is 465 g/mol. The highest BCUT2D eigenvalue weighted by Crippen LogP contribution is 2.37. The van der Waals surface area contributed by atoms with Crippen LogP contribution >= 0.6 is 0 Å². The molecule has 1 saturated heterocycles. The number of aryl methyl sites for hydroxylation is 1. The molecule has 0 saturated carbocycles. The van der Waals surface area contributed by atoms with Crippen molar-refractivity contribution >= 4 is 22.6 Å². The quantitative estimate of drug-likeness (QED) is 0.576. The minimum atomic E-state index is -4.66. The number of morpholine rings is 1. The Bertz CT molecular complexity index is 1300. The summed E-state index contributed by atoms with van der Waals surface area (Å²) >= 11 is 0. The van der Waals surface area contributed by atoms with Crippen molar-refractivity contribution in [2.24, 2.45) is 0 Å². The largest absolute Gasteiger partial charge is 0.416 e. The van der Waals surface area contributed by atoms with Gasteiger partial charge in [0.05, 0.1) is 47.1 Å². The molecule has 186 valence electrons. The van der Waals surface area contributed by atoms with Crippen LogP contribution in [0.3, 0.4) is 0 Å². The number of alkyl halides is 3. The van der Waals surface area contributed by atoms with E-state index < -0.39 is 23.3 Å². The number of benzene rings is 1. The van der Waals surface area contributed by atoms with Gasteiger partial charge in [-0.15, -0.1) is 0 Å². The number of ether oxygens (including phenoxy) is 1. The molecule has 1 amide bonds. The van der Waals surface area contributed by atoms with E-state index in [4.69, 9.17) is 4.74 Å². The van der Waals surface area contributed by atoms with Gasteiger partial charge in [0.25, 0.3) is 11.5 Å². The van der Waals surface area contributed by atoms with Crippen LogP contribution in [0.4, 0.5) is 19.0 Å². The summed E-state index contributed by atoms with van der Waals surface area (Å²) in [6, 6.07) is 1.18. The van der Waals surface area contributed by atoms with E-state index in [1.807, 2.05) is 13.8 Å². The summed E-state index contributed by atoms with van der Waals surface area (Å²) in [6.45, 7) is 7.63. The van der Waals surface area contributed by atoms with Crippen LogP contribution in [0.5, 0.6) is 0 Å². The lowest BCUT2D eigenvalue weighted by atomic mass is 9.98. The first-order valence-electron chi connectivity index (χ1n) is 11.1. The van der Waals surface area contributed by atoms with Gasteiger partial charge in [-0.3, -0.25) is 9.59 Å². The van der Waals surface area contributed by atoms with E-state index in [1.165, 1.54) is 32.3 Å². The number of aromatic nitrogens is 4. The van der Waals surface area contributed by atoms with E-state index in [0.717, 1.165) is 6.07 Å². The van der Waals surface area contributed by atoms with Gasteiger partial charge in [-0.25, -0.2) is 15.0 Å². The molecule has 1 aliphatic rings. The summed E-state index contributed by atoms with van der Waals surface area (Å²) in [4.78, 5) is 41.6. The van der Waals surface area contributed by atoms with Gasteiger partial charge in [0.1, 0.15) is 17.3 Å². The van der Waals surface area contributed by atoms with Gasteiger partial charge in [-0.1, -0.05) is 0 Å². The van der Waals surface area contributed by atoms with Crippen LogP contribution in [-0.4, -0.2) is 56.0 Å². The molecule has 4 rings (SSSR count). The maximum absolute atomic E-state index is 13.8. The Morgan fingerprint density at radius 3 is 2.49 bits per heavy atom. The molecule has 3 aromatic rings. The van der Waals surface area contributed by atoms with Crippen molar-refractivity contribution in [3.05, 3.63) is 57.5 Å². The Morgan fingerprint density at radius 1 is 1.20 bits per heavy atom. The third kappa shape index (κ3) is 5.26. The van der Waals surface area contributed by atoms with Crippen molar-refractivity contribution in [3.63, 3.8) is 0 Å². The number of carbonyl (C=O) groups excluding carboxylic acids is 1. The first kappa shape index (κ1) is 24.6. The second kappa shape index (κ2) is 9.25. The van der Waals surface area contributed by atoms with Crippen molar-refractivity contribution < 1.29 is 22.7 Å². The maximum atomic E-state index is 13.8. The van der Waals surface area contributed by atoms with Crippen LogP contribution in [0.1, 0.15) is 54.3 Å². The van der Waals surface area contributed by atoms with E-state index >= 15 is 0 Å². The predicted octanol–water partition coefficient (Wildman–Crippen LogP) is 3.46. The van der Waals surface area contributed by atoms with Crippen molar-refractivity contribution in [2.45, 2.75) is 52.1 Å². The molecule has 35 heavy (non-hydrogen) atoms. The third-order valence-corrected chi connectivity index (χ3v) is 5.71. The number of halogens is 3. The molecule has 3 heterocycles. The Kier molecular flexibility index (Phi) is 6.50. The number of rotatable bonds is 4. The lowest BCUT2D eigenvalue weighted by Crippen LogP contribution is -2.48. The van der Waals surface area contributed by atoms with Crippen molar-refractivity contribution in [1.82, 2.24) is 24.8 Å². The molecule has 0 aliphatic carbocycles. The van der Waals surface area contributed by atoms with Gasteiger partial charge in [0.15, 0.2) is 0 Å². The van der Waals surface area contributed by atoms with E-state index in [2.05, 4.69) is 25.3 Å². The highest BCUT2D eigenvalue weighted by Gasteiger charge is 2.35. The smallest absolute Gasteiger partial charge is 0.372 e. The minimum Gasteiger partial charge on any atom is -0.372 e. The van der Waals surface area contributed by atoms with E-state index in [9.17, 15) is 22.8 Å². The molecule has 1 fully saturated rings. The first-order chi connectivity index (χ1) is 16.4. The SMILES string of the molecule is Cc1nc2cc(C(F)(F)F)c(C(C)Nc3cnc(C(=O)N4C[C@@H](C)O[C@@H](C)C4)cn3)cc2c(=O)[nH]1. The summed E-state index contributed by atoms with van der Waals surface area (Å²) in [5, 5.41) is 2.92. The molecule has 12 heteroatoms. The minimum absolute atomic E-state index is 0.0380. The third-order valence-electron chi connectivity index (χ3n) is 5.71. The Morgan fingerprint density at radius 2 is 1.89 bits per heavy atom. The summed E-state index contributed by atoms with van der Waals surface area (Å²) in [5.74, 6) is 0.109. The summed E-state index contributed by atoms with van der Waals surface area (Å²) in [5.41, 5.74) is -1.48. The molecule has 2 N–H and O–H groups in total. The predicted molar refractivity (Wildman–Crippen MR) is 122 cm³/mol. The lowest BCUT2D eigenvalue weighted by molar-refractivity contribution is -0.138. The number of nitrogens with one attached hydrogen (secondary N) is 2. The molecular formula is C23H25F3N6O3. The van der Waals surface area contributed by atoms with Crippen LogP contribution in [0, 0.1) is 6.92 Å². The monoisotopic (exact) mass is 490 g/mol. The first-order valence-corrected chi connectivity index (χ1v) is 11.1. The van der Waals surface area contributed by atoms with Gasteiger partial charge >= 0.3 is 6.18 Å². The Hall–Kier alpha value is -3.54. The fraction of sp³-hybridized carbons (Fsp3) is 0.435. The molecule has 1 unspecified atom stereocenters. The summed E-state index contributed by atoms with van der Waals surface area (Å²) in [7, 11) is 0. The van der Waals surface area contributed by atoms with Crippen LogP contribution in [0.15, 0.2) is 29.3 Å². The topological polar surface area (TPSA) is 113 Å². The number of hydrogen-bond donors (Lipinski definition) is 2.